The van der Waals surface area contributed by atoms with Gasteiger partial charge in [0, 0.05) is 28.5 Å². The summed E-state index contributed by atoms with van der Waals surface area (Å²) in [7, 11) is -3.48. The third-order valence-corrected chi connectivity index (χ3v) is 6.12. The first-order chi connectivity index (χ1) is 15.2. The van der Waals surface area contributed by atoms with Gasteiger partial charge in [-0.1, -0.05) is 27.2 Å². The van der Waals surface area contributed by atoms with Crippen LogP contribution < -0.4 is 5.32 Å². The Morgan fingerprint density at radius 2 is 1.97 bits per heavy atom. The van der Waals surface area contributed by atoms with Crippen molar-refractivity contribution in [2.75, 3.05) is 12.0 Å². The van der Waals surface area contributed by atoms with Crippen molar-refractivity contribution in [1.82, 2.24) is 10.3 Å². The number of hydrogen-bond acceptors (Lipinski definition) is 6. The Morgan fingerprint density at radius 1 is 1.27 bits per heavy atom. The molecule has 1 atom stereocenters. The fraction of sp³-hybridized carbons (Fsp3) is 0.350. The number of carbonyl (C=O) groups is 1. The van der Waals surface area contributed by atoms with Crippen molar-refractivity contribution in [3.05, 3.63) is 63.1 Å². The fourth-order valence-electron chi connectivity index (χ4n) is 3.25. The van der Waals surface area contributed by atoms with Crippen LogP contribution in [0.4, 0.5) is 17.6 Å². The van der Waals surface area contributed by atoms with Crippen LogP contribution in [0, 0.1) is 12.7 Å². The highest BCUT2D eigenvalue weighted by Gasteiger charge is 2.62. The SMILES string of the molecule is Cc1nc(C2=NOC(c3cc(F)cc(Br)c3)(C(F)(F)F)C2)ccc1CNC(=O)CS(C)(=O)=O. The van der Waals surface area contributed by atoms with Crippen molar-refractivity contribution in [2.45, 2.75) is 31.7 Å². The number of amides is 1. The maximum atomic E-state index is 14.1. The van der Waals surface area contributed by atoms with Gasteiger partial charge in [-0.15, -0.1) is 0 Å². The molecule has 0 aliphatic carbocycles. The van der Waals surface area contributed by atoms with Crippen molar-refractivity contribution in [1.29, 1.82) is 0 Å². The van der Waals surface area contributed by atoms with E-state index in [1.807, 2.05) is 0 Å². The standard InChI is InChI=1S/C20H18BrF4N3O4S/c1-11-12(9-26-18(29)10-33(2,30)31)3-4-16(27-11)17-8-19(32-28-17,20(23,24)25)13-5-14(21)7-15(22)6-13/h3-7H,8-10H2,1-2H3,(H,26,29). The van der Waals surface area contributed by atoms with Crippen LogP contribution in [0.15, 0.2) is 40.0 Å². The zero-order valence-electron chi connectivity index (χ0n) is 17.3. The molecule has 0 saturated heterocycles. The van der Waals surface area contributed by atoms with Crippen molar-refractivity contribution >= 4 is 37.4 Å². The molecule has 1 unspecified atom stereocenters. The number of pyridine rings is 1. The second kappa shape index (κ2) is 9.01. The molecule has 1 N–H and O–H groups in total. The van der Waals surface area contributed by atoms with Crippen LogP contribution in [-0.2, 0) is 31.6 Å². The van der Waals surface area contributed by atoms with Gasteiger partial charge in [0.25, 0.3) is 5.60 Å². The maximum absolute atomic E-state index is 14.1. The highest BCUT2D eigenvalue weighted by molar-refractivity contribution is 9.10. The zero-order chi connectivity index (χ0) is 24.6. The third-order valence-electron chi connectivity index (χ3n) is 4.88. The smallest absolute Gasteiger partial charge is 0.374 e. The number of hydrogen-bond donors (Lipinski definition) is 1. The molecule has 1 aromatic heterocycles. The Bertz CT molecular complexity index is 1210. The summed E-state index contributed by atoms with van der Waals surface area (Å²) in [5, 5.41) is 6.06. The van der Waals surface area contributed by atoms with Crippen LogP contribution in [0.2, 0.25) is 0 Å². The molecule has 33 heavy (non-hydrogen) atoms. The number of oxime groups is 1. The monoisotopic (exact) mass is 551 g/mol. The number of carbonyl (C=O) groups excluding carboxylic acids is 1. The molecule has 7 nitrogen and oxygen atoms in total. The van der Waals surface area contributed by atoms with Gasteiger partial charge in [0.2, 0.25) is 5.91 Å². The Balaban J connectivity index is 1.82. The number of aryl methyl sites for hydroxylation is 1. The average molecular weight is 552 g/mol. The van der Waals surface area contributed by atoms with E-state index in [9.17, 15) is 30.8 Å². The average Bonchev–Trinajstić information content (AvgIpc) is 3.12. The zero-order valence-corrected chi connectivity index (χ0v) is 19.7. The quantitative estimate of drug-likeness (QED) is 0.554. The first-order valence-corrected chi connectivity index (χ1v) is 12.3. The summed E-state index contributed by atoms with van der Waals surface area (Å²) in [5.74, 6) is -2.22. The number of alkyl halides is 3. The van der Waals surface area contributed by atoms with Crippen molar-refractivity contribution in [3.8, 4) is 0 Å². The summed E-state index contributed by atoms with van der Waals surface area (Å²) in [5.41, 5.74) is -2.34. The van der Waals surface area contributed by atoms with Crippen LogP contribution >= 0.6 is 15.9 Å². The van der Waals surface area contributed by atoms with Crippen LogP contribution in [0.25, 0.3) is 0 Å². The Labute approximate surface area is 195 Å². The molecular formula is C20H18BrF4N3O4S. The van der Waals surface area contributed by atoms with E-state index in [2.05, 4.69) is 31.4 Å². The topological polar surface area (TPSA) is 97.7 Å². The number of nitrogens with one attached hydrogen (secondary N) is 1. The predicted octanol–water partition coefficient (Wildman–Crippen LogP) is 3.53. The van der Waals surface area contributed by atoms with Gasteiger partial charge in [0.15, 0.2) is 9.84 Å². The molecule has 178 valence electrons. The van der Waals surface area contributed by atoms with Crippen LogP contribution in [0.5, 0.6) is 0 Å². The largest absolute Gasteiger partial charge is 0.435 e. The summed E-state index contributed by atoms with van der Waals surface area (Å²) in [6.45, 7) is 1.57. The Hall–Kier alpha value is -2.54. The number of rotatable bonds is 6. The van der Waals surface area contributed by atoms with E-state index in [0.29, 0.717) is 11.3 Å². The van der Waals surface area contributed by atoms with Crippen molar-refractivity contribution in [3.63, 3.8) is 0 Å². The molecular weight excluding hydrogens is 534 g/mol. The minimum atomic E-state index is -4.90. The molecule has 1 aromatic carbocycles. The van der Waals surface area contributed by atoms with Crippen LogP contribution in [-0.4, -0.2) is 43.2 Å². The molecule has 3 rings (SSSR count). The minimum Gasteiger partial charge on any atom is -0.374 e. The molecule has 1 amide bonds. The normalized spacial score (nSPS) is 18.6. The molecule has 0 radical (unpaired) electrons. The third kappa shape index (κ3) is 5.69. The summed E-state index contributed by atoms with van der Waals surface area (Å²) >= 11 is 2.99. The predicted molar refractivity (Wildman–Crippen MR) is 115 cm³/mol. The van der Waals surface area contributed by atoms with Gasteiger partial charge in [-0.25, -0.2) is 12.8 Å². The highest BCUT2D eigenvalue weighted by atomic mass is 79.9. The lowest BCUT2D eigenvalue weighted by Gasteiger charge is -2.29. The van der Waals surface area contributed by atoms with Crippen molar-refractivity contribution in [2.24, 2.45) is 5.16 Å². The minimum absolute atomic E-state index is 0.0136. The number of aromatic nitrogens is 1. The second-order valence-corrected chi connectivity index (χ2v) is 10.6. The summed E-state index contributed by atoms with van der Waals surface area (Å²) in [6.07, 6.45) is -4.68. The van der Waals surface area contributed by atoms with Gasteiger partial charge in [-0.3, -0.25) is 9.78 Å². The van der Waals surface area contributed by atoms with Gasteiger partial charge in [0.05, 0.1) is 12.1 Å². The van der Waals surface area contributed by atoms with E-state index in [1.165, 1.54) is 12.1 Å². The van der Waals surface area contributed by atoms with Gasteiger partial charge in [-0.05, 0) is 36.8 Å². The highest BCUT2D eigenvalue weighted by Crippen LogP contribution is 2.49. The Kier molecular flexibility index (Phi) is 6.85. The van der Waals surface area contributed by atoms with Crippen molar-refractivity contribution < 1.29 is 35.6 Å². The first-order valence-electron chi connectivity index (χ1n) is 9.40. The summed E-state index contributed by atoms with van der Waals surface area (Å²) < 4.78 is 78.4. The number of halogens is 5. The summed E-state index contributed by atoms with van der Waals surface area (Å²) in [6, 6.07) is 5.85. The first kappa shape index (κ1) is 25.1. The number of sulfone groups is 1. The maximum Gasteiger partial charge on any atom is 0.435 e. The lowest BCUT2D eigenvalue weighted by atomic mass is 9.87. The lowest BCUT2D eigenvalue weighted by Crippen LogP contribution is -2.42. The second-order valence-electron chi connectivity index (χ2n) is 7.58. The molecule has 0 spiro atoms. The van der Waals surface area contributed by atoms with Crippen LogP contribution in [0.3, 0.4) is 0 Å². The van der Waals surface area contributed by atoms with Gasteiger partial charge >= 0.3 is 6.18 Å². The molecule has 13 heteroatoms. The van der Waals surface area contributed by atoms with Gasteiger partial charge in [0.1, 0.15) is 17.3 Å². The molecule has 0 saturated carbocycles. The van der Waals surface area contributed by atoms with Gasteiger partial charge < -0.3 is 10.2 Å². The van der Waals surface area contributed by atoms with Crippen LogP contribution in [0.1, 0.15) is 28.9 Å². The number of nitrogens with zero attached hydrogens (tertiary/aromatic N) is 2. The molecule has 2 aromatic rings. The molecule has 0 fully saturated rings. The van der Waals surface area contributed by atoms with E-state index in [4.69, 9.17) is 4.84 Å². The van der Waals surface area contributed by atoms with E-state index >= 15 is 0 Å². The lowest BCUT2D eigenvalue weighted by molar-refractivity contribution is -0.276. The fourth-order valence-corrected chi connectivity index (χ4v) is 4.29. The Morgan fingerprint density at radius 3 is 2.55 bits per heavy atom. The molecule has 0 bridgehead atoms. The van der Waals surface area contributed by atoms with E-state index in [0.717, 1.165) is 24.5 Å². The molecule has 2 heterocycles. The molecule has 1 aliphatic rings. The molecule has 1 aliphatic heterocycles. The number of benzene rings is 1. The summed E-state index contributed by atoms with van der Waals surface area (Å²) in [4.78, 5) is 20.8. The van der Waals surface area contributed by atoms with E-state index in [-0.39, 0.29) is 22.4 Å². The van der Waals surface area contributed by atoms with E-state index < -0.39 is 51.1 Å². The van der Waals surface area contributed by atoms with E-state index in [1.54, 1.807) is 6.92 Å². The van der Waals surface area contributed by atoms with Gasteiger partial charge in [-0.2, -0.15) is 13.2 Å².